The summed E-state index contributed by atoms with van der Waals surface area (Å²) in [7, 11) is 0. The molecule has 0 fully saturated rings. The number of hydrogen-bond donors (Lipinski definition) is 1. The summed E-state index contributed by atoms with van der Waals surface area (Å²) in [5.41, 5.74) is 2.76. The van der Waals surface area contributed by atoms with Gasteiger partial charge in [0.05, 0.1) is 29.2 Å². The smallest absolute Gasteiger partial charge is 0.255 e. The van der Waals surface area contributed by atoms with E-state index in [0.29, 0.717) is 16.4 Å². The molecule has 0 saturated carbocycles. The number of aromatic nitrogens is 5. The molecule has 1 atom stereocenters. The van der Waals surface area contributed by atoms with E-state index in [0.717, 1.165) is 17.0 Å². The van der Waals surface area contributed by atoms with Gasteiger partial charge in [0.1, 0.15) is 0 Å². The molecule has 0 bridgehead atoms. The standard InChI is InChI=1S/C19H17ClN6O/c1-12(18-24-23-17-8-3-4-9-25(17)18)22-19(27)16-11-21-26(13(16)2)15-7-5-6-14(20)10-15/h3-12H,1-2H3,(H,22,27). The maximum atomic E-state index is 12.8. The minimum Gasteiger partial charge on any atom is -0.342 e. The van der Waals surface area contributed by atoms with Crippen LogP contribution in [0.3, 0.4) is 0 Å². The van der Waals surface area contributed by atoms with Crippen LogP contribution >= 0.6 is 11.6 Å². The highest BCUT2D eigenvalue weighted by Crippen LogP contribution is 2.19. The largest absolute Gasteiger partial charge is 0.342 e. The number of hydrogen-bond acceptors (Lipinski definition) is 4. The maximum absolute atomic E-state index is 12.8. The van der Waals surface area contributed by atoms with Crippen molar-refractivity contribution in [3.63, 3.8) is 0 Å². The Hall–Kier alpha value is -3.19. The van der Waals surface area contributed by atoms with Crippen LogP contribution in [0.4, 0.5) is 0 Å². The lowest BCUT2D eigenvalue weighted by atomic mass is 10.2. The molecule has 1 N–H and O–H groups in total. The van der Waals surface area contributed by atoms with Gasteiger partial charge >= 0.3 is 0 Å². The van der Waals surface area contributed by atoms with Crippen LogP contribution in [-0.4, -0.2) is 30.3 Å². The first kappa shape index (κ1) is 17.2. The van der Waals surface area contributed by atoms with E-state index in [1.807, 2.05) is 54.8 Å². The van der Waals surface area contributed by atoms with Crippen LogP contribution in [0.1, 0.15) is 34.8 Å². The van der Waals surface area contributed by atoms with Gasteiger partial charge in [-0.1, -0.05) is 23.7 Å². The third-order valence-electron chi connectivity index (χ3n) is 4.38. The van der Waals surface area contributed by atoms with Gasteiger partial charge in [-0.15, -0.1) is 10.2 Å². The fourth-order valence-corrected chi connectivity index (χ4v) is 3.18. The van der Waals surface area contributed by atoms with Gasteiger partial charge in [0.25, 0.3) is 5.91 Å². The van der Waals surface area contributed by atoms with Crippen molar-refractivity contribution in [3.05, 3.63) is 77.0 Å². The zero-order chi connectivity index (χ0) is 19.0. The number of pyridine rings is 1. The first-order valence-electron chi connectivity index (χ1n) is 8.45. The molecule has 4 aromatic rings. The summed E-state index contributed by atoms with van der Waals surface area (Å²) in [6, 6.07) is 12.7. The Morgan fingerprint density at radius 1 is 1.19 bits per heavy atom. The van der Waals surface area contributed by atoms with E-state index in [9.17, 15) is 4.79 Å². The van der Waals surface area contributed by atoms with Crippen LogP contribution in [0.15, 0.2) is 54.9 Å². The van der Waals surface area contributed by atoms with E-state index in [4.69, 9.17) is 11.6 Å². The monoisotopic (exact) mass is 380 g/mol. The van der Waals surface area contributed by atoms with Crippen LogP contribution in [0, 0.1) is 6.92 Å². The summed E-state index contributed by atoms with van der Waals surface area (Å²) in [4.78, 5) is 12.8. The lowest BCUT2D eigenvalue weighted by Crippen LogP contribution is -2.28. The Morgan fingerprint density at radius 3 is 2.85 bits per heavy atom. The molecule has 4 rings (SSSR count). The number of carbonyl (C=O) groups is 1. The van der Waals surface area contributed by atoms with Crippen molar-refractivity contribution in [2.24, 2.45) is 0 Å². The van der Waals surface area contributed by atoms with Gasteiger partial charge in [-0.05, 0) is 44.2 Å². The van der Waals surface area contributed by atoms with Crippen molar-refractivity contribution in [1.82, 2.24) is 29.7 Å². The molecule has 0 spiro atoms. The molecular weight excluding hydrogens is 364 g/mol. The van der Waals surface area contributed by atoms with Gasteiger partial charge < -0.3 is 5.32 Å². The van der Waals surface area contributed by atoms with Crippen LogP contribution in [0.25, 0.3) is 11.3 Å². The molecule has 0 aliphatic rings. The lowest BCUT2D eigenvalue weighted by molar-refractivity contribution is 0.0937. The first-order chi connectivity index (χ1) is 13.0. The van der Waals surface area contributed by atoms with Crippen molar-refractivity contribution < 1.29 is 4.79 Å². The first-order valence-corrected chi connectivity index (χ1v) is 8.83. The molecule has 1 aromatic carbocycles. The fourth-order valence-electron chi connectivity index (χ4n) is 2.99. The molecule has 136 valence electrons. The van der Waals surface area contributed by atoms with E-state index in [-0.39, 0.29) is 11.9 Å². The third-order valence-corrected chi connectivity index (χ3v) is 4.62. The van der Waals surface area contributed by atoms with Gasteiger partial charge in [-0.3, -0.25) is 9.20 Å². The molecule has 3 heterocycles. The van der Waals surface area contributed by atoms with Crippen LogP contribution in [0.5, 0.6) is 0 Å². The maximum Gasteiger partial charge on any atom is 0.255 e. The molecule has 8 heteroatoms. The Morgan fingerprint density at radius 2 is 2.04 bits per heavy atom. The van der Waals surface area contributed by atoms with E-state index in [1.165, 1.54) is 0 Å². The third kappa shape index (κ3) is 3.17. The summed E-state index contributed by atoms with van der Waals surface area (Å²) in [6.45, 7) is 3.72. The molecule has 27 heavy (non-hydrogen) atoms. The van der Waals surface area contributed by atoms with Gasteiger partial charge in [0, 0.05) is 11.2 Å². The summed E-state index contributed by atoms with van der Waals surface area (Å²) >= 11 is 6.05. The molecular formula is C19H17ClN6O. The van der Waals surface area contributed by atoms with Crippen LogP contribution in [-0.2, 0) is 0 Å². The van der Waals surface area contributed by atoms with Gasteiger partial charge in [0.2, 0.25) is 0 Å². The fraction of sp³-hybridized carbons (Fsp3) is 0.158. The Bertz CT molecular complexity index is 1130. The second-order valence-electron chi connectivity index (χ2n) is 6.22. The van der Waals surface area contributed by atoms with Crippen molar-refractivity contribution in [3.8, 4) is 5.69 Å². The second kappa shape index (κ2) is 6.85. The van der Waals surface area contributed by atoms with Crippen LogP contribution < -0.4 is 5.32 Å². The Balaban J connectivity index is 1.58. The average Bonchev–Trinajstić information content (AvgIpc) is 3.25. The Kier molecular flexibility index (Phi) is 4.37. The zero-order valence-corrected chi connectivity index (χ0v) is 15.6. The van der Waals surface area contributed by atoms with Gasteiger partial charge in [0.15, 0.2) is 11.5 Å². The zero-order valence-electron chi connectivity index (χ0n) is 14.8. The van der Waals surface area contributed by atoms with Gasteiger partial charge in [-0.25, -0.2) is 4.68 Å². The van der Waals surface area contributed by atoms with E-state index >= 15 is 0 Å². The summed E-state index contributed by atoms with van der Waals surface area (Å²) in [5, 5.41) is 16.2. The highest BCUT2D eigenvalue weighted by molar-refractivity contribution is 6.30. The van der Waals surface area contributed by atoms with E-state index in [2.05, 4.69) is 20.6 Å². The lowest BCUT2D eigenvalue weighted by Gasteiger charge is -2.12. The molecule has 7 nitrogen and oxygen atoms in total. The number of amides is 1. The Labute approximate surface area is 160 Å². The second-order valence-corrected chi connectivity index (χ2v) is 6.65. The molecule has 1 unspecified atom stereocenters. The minimum atomic E-state index is -0.316. The molecule has 0 aliphatic carbocycles. The van der Waals surface area contributed by atoms with Crippen molar-refractivity contribution in [2.45, 2.75) is 19.9 Å². The number of halogens is 1. The summed E-state index contributed by atoms with van der Waals surface area (Å²) in [5.74, 6) is 0.444. The molecule has 3 aromatic heterocycles. The molecule has 0 aliphatic heterocycles. The number of fused-ring (bicyclic) bond motifs is 1. The molecule has 0 radical (unpaired) electrons. The van der Waals surface area contributed by atoms with Crippen molar-refractivity contribution >= 4 is 23.2 Å². The summed E-state index contributed by atoms with van der Waals surface area (Å²) < 4.78 is 3.55. The molecule has 0 saturated heterocycles. The highest BCUT2D eigenvalue weighted by atomic mass is 35.5. The van der Waals surface area contributed by atoms with Gasteiger partial charge in [-0.2, -0.15) is 5.10 Å². The average molecular weight is 381 g/mol. The minimum absolute atomic E-state index is 0.221. The summed E-state index contributed by atoms with van der Waals surface area (Å²) in [6.07, 6.45) is 3.43. The number of benzene rings is 1. The number of nitrogens with zero attached hydrogens (tertiary/aromatic N) is 5. The number of rotatable bonds is 4. The highest BCUT2D eigenvalue weighted by Gasteiger charge is 2.20. The molecule has 1 amide bonds. The SMILES string of the molecule is Cc1c(C(=O)NC(C)c2nnc3ccccn23)cnn1-c1cccc(Cl)c1. The van der Waals surface area contributed by atoms with Crippen molar-refractivity contribution in [2.75, 3.05) is 0 Å². The quantitative estimate of drug-likeness (QED) is 0.589. The number of carbonyl (C=O) groups excluding carboxylic acids is 1. The predicted molar refractivity (Wildman–Crippen MR) is 102 cm³/mol. The van der Waals surface area contributed by atoms with E-state index in [1.54, 1.807) is 23.0 Å². The normalized spacial score (nSPS) is 12.3. The topological polar surface area (TPSA) is 77.1 Å². The van der Waals surface area contributed by atoms with E-state index < -0.39 is 0 Å². The predicted octanol–water partition coefficient (Wildman–Crippen LogP) is 3.37. The number of nitrogens with one attached hydrogen (secondary N) is 1. The van der Waals surface area contributed by atoms with Crippen molar-refractivity contribution in [1.29, 1.82) is 0 Å². The van der Waals surface area contributed by atoms with Crippen LogP contribution in [0.2, 0.25) is 5.02 Å².